The lowest BCUT2D eigenvalue weighted by molar-refractivity contribution is 0.0689. The fourth-order valence-corrected chi connectivity index (χ4v) is 3.32. The second-order valence-corrected chi connectivity index (χ2v) is 6.27. The zero-order chi connectivity index (χ0) is 15.5. The van der Waals surface area contributed by atoms with E-state index in [4.69, 9.17) is 0 Å². The number of hydrogen-bond acceptors (Lipinski definition) is 3. The Morgan fingerprint density at radius 1 is 1.41 bits per heavy atom. The predicted molar refractivity (Wildman–Crippen MR) is 88.0 cm³/mol. The maximum atomic E-state index is 12.9. The van der Waals surface area contributed by atoms with Gasteiger partial charge < -0.3 is 10.2 Å². The van der Waals surface area contributed by atoms with E-state index in [1.807, 2.05) is 24.9 Å². The van der Waals surface area contributed by atoms with E-state index in [1.165, 1.54) is 6.42 Å². The zero-order valence-electron chi connectivity index (χ0n) is 13.4. The number of amides is 1. The van der Waals surface area contributed by atoms with Crippen LogP contribution in [0.15, 0.2) is 18.3 Å². The van der Waals surface area contributed by atoms with E-state index >= 15 is 0 Å². The molecule has 5 heteroatoms. The van der Waals surface area contributed by atoms with E-state index in [1.54, 1.807) is 6.20 Å². The van der Waals surface area contributed by atoms with Crippen molar-refractivity contribution in [3.63, 3.8) is 0 Å². The molecule has 3 rings (SSSR count). The number of aromatic amines is 1. The van der Waals surface area contributed by atoms with Crippen LogP contribution in [0.3, 0.4) is 0 Å². The number of carbonyl (C=O) groups is 1. The van der Waals surface area contributed by atoms with E-state index in [0.29, 0.717) is 0 Å². The lowest BCUT2D eigenvalue weighted by atomic mass is 9.93. The lowest BCUT2D eigenvalue weighted by Crippen LogP contribution is -2.39. The summed E-state index contributed by atoms with van der Waals surface area (Å²) in [7, 11) is 1.99. The number of likely N-dealkylation sites (tertiary alicyclic amines) is 1. The fourth-order valence-electron chi connectivity index (χ4n) is 3.32. The van der Waals surface area contributed by atoms with Crippen molar-refractivity contribution in [3.05, 3.63) is 29.5 Å². The molecule has 2 N–H and O–H groups in total. The Balaban J connectivity index is 1.73. The van der Waals surface area contributed by atoms with Crippen molar-refractivity contribution in [2.24, 2.45) is 5.92 Å². The summed E-state index contributed by atoms with van der Waals surface area (Å²) in [5.74, 6) is 0.867. The molecule has 1 aliphatic rings. The van der Waals surface area contributed by atoms with Crippen molar-refractivity contribution < 1.29 is 4.79 Å². The summed E-state index contributed by atoms with van der Waals surface area (Å²) in [5.41, 5.74) is 2.70. The Bertz CT molecular complexity index is 656. The molecule has 2 heterocycles. The van der Waals surface area contributed by atoms with Crippen LogP contribution in [0.2, 0.25) is 0 Å². The number of nitrogens with zero attached hydrogens (tertiary/aromatic N) is 2. The minimum Gasteiger partial charge on any atom is -0.339 e. The molecule has 0 spiro atoms. The van der Waals surface area contributed by atoms with Crippen LogP contribution in [0.4, 0.5) is 0 Å². The molecule has 1 saturated heterocycles. The molecule has 0 unspecified atom stereocenters. The number of aryl methyl sites for hydroxylation is 1. The molecular weight excluding hydrogens is 276 g/mol. The molecule has 118 valence electrons. The van der Waals surface area contributed by atoms with Gasteiger partial charge in [-0.25, -0.2) is 0 Å². The van der Waals surface area contributed by atoms with Gasteiger partial charge in [-0.3, -0.25) is 9.89 Å². The number of fused-ring (bicyclic) bond motifs is 1. The van der Waals surface area contributed by atoms with Gasteiger partial charge in [0.1, 0.15) is 0 Å². The molecule has 2 aromatic rings. The molecule has 0 radical (unpaired) electrons. The third-order valence-corrected chi connectivity index (χ3v) is 4.63. The van der Waals surface area contributed by atoms with Crippen LogP contribution in [0, 0.1) is 12.8 Å². The first-order valence-electron chi connectivity index (χ1n) is 8.06. The van der Waals surface area contributed by atoms with Gasteiger partial charge in [0, 0.05) is 18.5 Å². The first-order chi connectivity index (χ1) is 10.7. The van der Waals surface area contributed by atoms with Crippen LogP contribution < -0.4 is 5.32 Å². The smallest absolute Gasteiger partial charge is 0.256 e. The minimum atomic E-state index is 0.130. The lowest BCUT2D eigenvalue weighted by Gasteiger charge is -2.32. The minimum absolute atomic E-state index is 0.130. The van der Waals surface area contributed by atoms with Gasteiger partial charge in [0.05, 0.1) is 17.3 Å². The monoisotopic (exact) mass is 300 g/mol. The summed E-state index contributed by atoms with van der Waals surface area (Å²) in [4.78, 5) is 14.8. The van der Waals surface area contributed by atoms with Crippen molar-refractivity contribution in [2.45, 2.75) is 26.2 Å². The molecule has 1 aliphatic heterocycles. The molecule has 5 nitrogen and oxygen atoms in total. The highest BCUT2D eigenvalue weighted by atomic mass is 16.2. The molecule has 0 aliphatic carbocycles. The van der Waals surface area contributed by atoms with Crippen molar-refractivity contribution >= 4 is 16.8 Å². The summed E-state index contributed by atoms with van der Waals surface area (Å²) < 4.78 is 0. The Morgan fingerprint density at radius 3 is 2.91 bits per heavy atom. The second-order valence-electron chi connectivity index (χ2n) is 6.27. The number of hydrogen-bond donors (Lipinski definition) is 2. The molecule has 0 bridgehead atoms. The van der Waals surface area contributed by atoms with E-state index in [2.05, 4.69) is 21.6 Å². The maximum absolute atomic E-state index is 12.9. The van der Waals surface area contributed by atoms with Crippen molar-refractivity contribution in [2.75, 3.05) is 26.7 Å². The SMILES string of the molecule is CNCCC1CCN(C(=O)c2cc(C)cc3cn[nH]c23)CC1. The average Bonchev–Trinajstić information content (AvgIpc) is 3.00. The predicted octanol–water partition coefficient (Wildman–Crippen LogP) is 2.33. The number of carbonyl (C=O) groups excluding carboxylic acids is 1. The molecule has 1 amide bonds. The Morgan fingerprint density at radius 2 is 2.18 bits per heavy atom. The van der Waals surface area contributed by atoms with E-state index in [9.17, 15) is 4.79 Å². The van der Waals surface area contributed by atoms with Crippen molar-refractivity contribution in [1.29, 1.82) is 0 Å². The maximum Gasteiger partial charge on any atom is 0.256 e. The van der Waals surface area contributed by atoms with Crippen LogP contribution >= 0.6 is 0 Å². The van der Waals surface area contributed by atoms with Gasteiger partial charge in [-0.05, 0) is 63.4 Å². The molecular formula is C17H24N4O. The Labute approximate surface area is 131 Å². The van der Waals surface area contributed by atoms with Gasteiger partial charge in [-0.1, -0.05) is 0 Å². The molecule has 1 aromatic heterocycles. The summed E-state index contributed by atoms with van der Waals surface area (Å²) in [5, 5.41) is 11.3. The standard InChI is InChI=1S/C17H24N4O/c1-12-9-14-11-19-20-16(14)15(10-12)17(22)21-7-4-13(5-8-21)3-6-18-2/h9-11,13,18H,3-8H2,1-2H3,(H,19,20). The number of benzene rings is 1. The van der Waals surface area contributed by atoms with Crippen molar-refractivity contribution in [1.82, 2.24) is 20.4 Å². The topological polar surface area (TPSA) is 61.0 Å². The van der Waals surface area contributed by atoms with Gasteiger partial charge >= 0.3 is 0 Å². The first-order valence-corrected chi connectivity index (χ1v) is 8.06. The number of aromatic nitrogens is 2. The van der Waals surface area contributed by atoms with E-state index in [0.717, 1.165) is 60.4 Å². The summed E-state index contributed by atoms with van der Waals surface area (Å²) in [6.07, 6.45) is 5.19. The third-order valence-electron chi connectivity index (χ3n) is 4.63. The summed E-state index contributed by atoms with van der Waals surface area (Å²) in [6, 6.07) is 4.02. The van der Waals surface area contributed by atoms with E-state index < -0.39 is 0 Å². The van der Waals surface area contributed by atoms with Gasteiger partial charge in [0.15, 0.2) is 0 Å². The quantitative estimate of drug-likeness (QED) is 0.911. The van der Waals surface area contributed by atoms with Crippen molar-refractivity contribution in [3.8, 4) is 0 Å². The molecule has 0 atom stereocenters. The van der Waals surface area contributed by atoms with Gasteiger partial charge in [-0.15, -0.1) is 0 Å². The highest BCUT2D eigenvalue weighted by Gasteiger charge is 2.25. The van der Waals surface area contributed by atoms with E-state index in [-0.39, 0.29) is 5.91 Å². The van der Waals surface area contributed by atoms with Gasteiger partial charge in [0.2, 0.25) is 0 Å². The fraction of sp³-hybridized carbons (Fsp3) is 0.529. The van der Waals surface area contributed by atoms with Crippen LogP contribution in [0.1, 0.15) is 35.2 Å². The van der Waals surface area contributed by atoms with Gasteiger partial charge in [0.25, 0.3) is 5.91 Å². The average molecular weight is 300 g/mol. The van der Waals surface area contributed by atoms with Crippen LogP contribution in [0.25, 0.3) is 10.9 Å². The molecule has 0 saturated carbocycles. The number of H-pyrrole nitrogens is 1. The van der Waals surface area contributed by atoms with Crippen LogP contribution in [0.5, 0.6) is 0 Å². The normalized spacial score (nSPS) is 16.4. The Kier molecular flexibility index (Phi) is 4.43. The summed E-state index contributed by atoms with van der Waals surface area (Å²) >= 11 is 0. The van der Waals surface area contributed by atoms with Gasteiger partial charge in [-0.2, -0.15) is 5.10 Å². The molecule has 1 fully saturated rings. The third kappa shape index (κ3) is 2.99. The zero-order valence-corrected chi connectivity index (χ0v) is 13.4. The second kappa shape index (κ2) is 6.48. The highest BCUT2D eigenvalue weighted by molar-refractivity contribution is 6.05. The number of piperidine rings is 1. The number of rotatable bonds is 4. The van der Waals surface area contributed by atoms with Crippen LogP contribution in [-0.2, 0) is 0 Å². The molecule has 22 heavy (non-hydrogen) atoms. The largest absolute Gasteiger partial charge is 0.339 e. The summed E-state index contributed by atoms with van der Waals surface area (Å²) in [6.45, 7) is 4.80. The first kappa shape index (κ1) is 15.0. The molecule has 1 aromatic carbocycles. The number of nitrogens with one attached hydrogen (secondary N) is 2. The highest BCUT2D eigenvalue weighted by Crippen LogP contribution is 2.24. The van der Waals surface area contributed by atoms with Crippen LogP contribution in [-0.4, -0.2) is 47.7 Å². The Hall–Kier alpha value is -1.88.